The topological polar surface area (TPSA) is 52.6 Å². The third kappa shape index (κ3) is 4.87. The number of carboxylic acids is 1. The summed E-state index contributed by atoms with van der Waals surface area (Å²) in [5.74, 6) is -0.847. The number of nitrogens with one attached hydrogen (secondary N) is 1. The van der Waals surface area contributed by atoms with Crippen LogP contribution in [0.3, 0.4) is 0 Å². The zero-order valence-corrected chi connectivity index (χ0v) is 9.42. The van der Waals surface area contributed by atoms with Crippen LogP contribution in [-0.4, -0.2) is 43.2 Å². The Balaban J connectivity index is 4.42. The monoisotopic (exact) mass is 200 g/mol. The van der Waals surface area contributed by atoms with Crippen molar-refractivity contribution >= 4 is 5.97 Å². The molecule has 0 unspecified atom stereocenters. The summed E-state index contributed by atoms with van der Waals surface area (Å²) in [6.07, 6.45) is 0.749. The maximum absolute atomic E-state index is 10.7. The Morgan fingerprint density at radius 2 is 2.00 bits per heavy atom. The fourth-order valence-corrected chi connectivity index (χ4v) is 1.09. The molecule has 0 rings (SSSR count). The van der Waals surface area contributed by atoms with Gasteiger partial charge < -0.3 is 15.3 Å². The van der Waals surface area contributed by atoms with Gasteiger partial charge in [0.05, 0.1) is 5.57 Å². The number of aliphatic carboxylic acids is 1. The van der Waals surface area contributed by atoms with Crippen LogP contribution in [0.5, 0.6) is 0 Å². The summed E-state index contributed by atoms with van der Waals surface area (Å²) in [7, 11) is 3.94. The molecule has 0 aliphatic carbocycles. The lowest BCUT2D eigenvalue weighted by atomic mass is 10.1. The third-order valence-corrected chi connectivity index (χ3v) is 1.97. The number of hydrogen-bond acceptors (Lipinski definition) is 3. The Labute approximate surface area is 85.6 Å². The summed E-state index contributed by atoms with van der Waals surface area (Å²) >= 11 is 0. The van der Waals surface area contributed by atoms with E-state index in [0.29, 0.717) is 5.57 Å². The minimum Gasteiger partial charge on any atom is -0.478 e. The number of rotatable bonds is 6. The second-order valence-electron chi connectivity index (χ2n) is 3.49. The highest BCUT2D eigenvalue weighted by molar-refractivity contribution is 5.86. The van der Waals surface area contributed by atoms with Crippen LogP contribution in [0.25, 0.3) is 0 Å². The van der Waals surface area contributed by atoms with Crippen LogP contribution in [0.15, 0.2) is 11.3 Å². The van der Waals surface area contributed by atoms with E-state index in [1.54, 1.807) is 6.92 Å². The first-order valence-corrected chi connectivity index (χ1v) is 4.80. The van der Waals surface area contributed by atoms with Gasteiger partial charge in [-0.1, -0.05) is 0 Å². The second-order valence-corrected chi connectivity index (χ2v) is 3.49. The summed E-state index contributed by atoms with van der Waals surface area (Å²) in [6, 6.07) is 0. The molecule has 0 aliphatic heterocycles. The molecule has 0 amide bonds. The van der Waals surface area contributed by atoms with Gasteiger partial charge >= 0.3 is 5.97 Å². The third-order valence-electron chi connectivity index (χ3n) is 1.97. The molecule has 2 N–H and O–H groups in total. The van der Waals surface area contributed by atoms with Crippen molar-refractivity contribution in [3.8, 4) is 0 Å². The van der Waals surface area contributed by atoms with Crippen molar-refractivity contribution < 1.29 is 9.90 Å². The van der Waals surface area contributed by atoms with Crippen LogP contribution in [0.2, 0.25) is 0 Å². The predicted molar refractivity (Wildman–Crippen MR) is 57.2 cm³/mol. The highest BCUT2D eigenvalue weighted by atomic mass is 16.4. The van der Waals surface area contributed by atoms with Gasteiger partial charge in [-0.2, -0.15) is 0 Å². The first kappa shape index (κ1) is 13.0. The van der Waals surface area contributed by atoms with E-state index in [9.17, 15) is 4.79 Å². The quantitative estimate of drug-likeness (QED) is 0.626. The zero-order chi connectivity index (χ0) is 11.1. The van der Waals surface area contributed by atoms with Gasteiger partial charge in [-0.15, -0.1) is 0 Å². The SMILES string of the molecule is CCNC(CCN(C)C)=C(C)C(=O)O. The van der Waals surface area contributed by atoms with E-state index in [0.717, 1.165) is 25.2 Å². The van der Waals surface area contributed by atoms with E-state index in [1.165, 1.54) is 0 Å². The smallest absolute Gasteiger partial charge is 0.333 e. The van der Waals surface area contributed by atoms with Gasteiger partial charge in [0.2, 0.25) is 0 Å². The Kier molecular flexibility index (Phi) is 5.95. The van der Waals surface area contributed by atoms with Crippen LogP contribution in [0, 0.1) is 0 Å². The molecule has 0 atom stereocenters. The first-order valence-electron chi connectivity index (χ1n) is 4.80. The molecular formula is C10H20N2O2. The van der Waals surface area contributed by atoms with Gasteiger partial charge in [0.15, 0.2) is 0 Å². The summed E-state index contributed by atoms with van der Waals surface area (Å²) < 4.78 is 0. The highest BCUT2D eigenvalue weighted by Gasteiger charge is 2.08. The van der Waals surface area contributed by atoms with E-state index < -0.39 is 5.97 Å². The van der Waals surface area contributed by atoms with E-state index in [2.05, 4.69) is 5.32 Å². The Bertz CT molecular complexity index is 222. The van der Waals surface area contributed by atoms with Gasteiger partial charge in [0, 0.05) is 25.2 Å². The predicted octanol–water partition coefficient (Wildman–Crippen LogP) is 0.906. The molecule has 4 nitrogen and oxygen atoms in total. The van der Waals surface area contributed by atoms with Gasteiger partial charge in [0.1, 0.15) is 0 Å². The van der Waals surface area contributed by atoms with Crippen LogP contribution in [0.4, 0.5) is 0 Å². The van der Waals surface area contributed by atoms with Crippen molar-refractivity contribution in [1.82, 2.24) is 10.2 Å². The molecular weight excluding hydrogens is 180 g/mol. The molecule has 0 radical (unpaired) electrons. The van der Waals surface area contributed by atoms with Crippen LogP contribution < -0.4 is 5.32 Å². The highest BCUT2D eigenvalue weighted by Crippen LogP contribution is 2.06. The molecule has 0 aliphatic rings. The fourth-order valence-electron chi connectivity index (χ4n) is 1.09. The molecule has 0 fully saturated rings. The maximum atomic E-state index is 10.7. The van der Waals surface area contributed by atoms with Gasteiger partial charge in [-0.05, 0) is 27.9 Å². The van der Waals surface area contributed by atoms with E-state index in [1.807, 2.05) is 25.9 Å². The standard InChI is InChI=1S/C10H20N2O2/c1-5-11-9(6-7-12(3)4)8(2)10(13)14/h11H,5-7H2,1-4H3,(H,13,14). The molecule has 0 saturated carbocycles. The van der Waals surface area contributed by atoms with Crippen molar-refractivity contribution in [2.24, 2.45) is 0 Å². The zero-order valence-electron chi connectivity index (χ0n) is 9.42. The molecule has 0 aromatic heterocycles. The van der Waals surface area contributed by atoms with Gasteiger partial charge in [-0.25, -0.2) is 4.79 Å². The van der Waals surface area contributed by atoms with Crippen molar-refractivity contribution in [3.63, 3.8) is 0 Å². The van der Waals surface area contributed by atoms with E-state index in [4.69, 9.17) is 5.11 Å². The first-order chi connectivity index (χ1) is 6.49. The molecule has 0 heterocycles. The van der Waals surface area contributed by atoms with Crippen molar-refractivity contribution in [2.75, 3.05) is 27.2 Å². The molecule has 0 saturated heterocycles. The van der Waals surface area contributed by atoms with E-state index >= 15 is 0 Å². The number of nitrogens with zero attached hydrogens (tertiary/aromatic N) is 1. The van der Waals surface area contributed by atoms with Gasteiger partial charge in [0.25, 0.3) is 0 Å². The molecule has 82 valence electrons. The minimum atomic E-state index is -0.847. The summed E-state index contributed by atoms with van der Waals surface area (Å²) in [5, 5.41) is 11.9. The Morgan fingerprint density at radius 1 is 1.43 bits per heavy atom. The van der Waals surface area contributed by atoms with Gasteiger partial charge in [-0.3, -0.25) is 0 Å². The largest absolute Gasteiger partial charge is 0.478 e. The summed E-state index contributed by atoms with van der Waals surface area (Å²) in [4.78, 5) is 12.8. The molecule has 4 heteroatoms. The average molecular weight is 200 g/mol. The normalized spacial score (nSPS) is 12.6. The maximum Gasteiger partial charge on any atom is 0.333 e. The van der Waals surface area contributed by atoms with Crippen LogP contribution >= 0.6 is 0 Å². The second kappa shape index (κ2) is 6.43. The molecule has 0 aromatic rings. The lowest BCUT2D eigenvalue weighted by Crippen LogP contribution is -2.22. The lowest BCUT2D eigenvalue weighted by Gasteiger charge is -2.14. The van der Waals surface area contributed by atoms with Crippen molar-refractivity contribution in [2.45, 2.75) is 20.3 Å². The van der Waals surface area contributed by atoms with E-state index in [-0.39, 0.29) is 0 Å². The minimum absolute atomic E-state index is 0.411. The number of hydrogen-bond donors (Lipinski definition) is 2. The molecule has 14 heavy (non-hydrogen) atoms. The lowest BCUT2D eigenvalue weighted by molar-refractivity contribution is -0.132. The Hall–Kier alpha value is -1.03. The number of carboxylic acid groups (broad SMARTS) is 1. The fraction of sp³-hybridized carbons (Fsp3) is 0.700. The Morgan fingerprint density at radius 3 is 2.36 bits per heavy atom. The average Bonchev–Trinajstić information content (AvgIpc) is 2.10. The van der Waals surface area contributed by atoms with Crippen molar-refractivity contribution in [1.29, 1.82) is 0 Å². The van der Waals surface area contributed by atoms with Crippen LogP contribution in [-0.2, 0) is 4.79 Å². The number of carbonyl (C=O) groups is 1. The molecule has 0 spiro atoms. The van der Waals surface area contributed by atoms with Crippen molar-refractivity contribution in [3.05, 3.63) is 11.3 Å². The molecule has 0 bridgehead atoms. The summed E-state index contributed by atoms with van der Waals surface area (Å²) in [5.41, 5.74) is 1.24. The van der Waals surface area contributed by atoms with Crippen LogP contribution in [0.1, 0.15) is 20.3 Å². The molecule has 0 aromatic carbocycles. The summed E-state index contributed by atoms with van der Waals surface area (Å²) in [6.45, 7) is 5.21.